The number of carbonyl (C=O) groups excluding carboxylic acids is 3. The number of nitro groups is 1. The van der Waals surface area contributed by atoms with Crippen LogP contribution in [-0.4, -0.2) is 50.7 Å². The highest BCUT2D eigenvalue weighted by Crippen LogP contribution is 2.36. The molecular weight excluding hydrogens is 338 g/mol. The van der Waals surface area contributed by atoms with Crippen molar-refractivity contribution in [2.24, 2.45) is 5.73 Å². The van der Waals surface area contributed by atoms with Crippen LogP contribution < -0.4 is 5.73 Å². The van der Waals surface area contributed by atoms with E-state index in [2.05, 4.69) is 0 Å². The molecule has 126 valence electrons. The number of hydrogen-bond acceptors (Lipinski definition) is 8. The SMILES string of the molecule is NC1C(=O)N2C(C(=O)OCc3ccc([N+](=O)[O-])cc3)C(=O)CS[C@H]12. The highest BCUT2D eigenvalue weighted by atomic mass is 32.2. The molecule has 2 N–H and O–H groups in total. The molecule has 2 fully saturated rings. The summed E-state index contributed by atoms with van der Waals surface area (Å²) < 4.78 is 5.10. The van der Waals surface area contributed by atoms with E-state index in [4.69, 9.17) is 10.5 Å². The third-order valence-corrected chi connectivity index (χ3v) is 5.17. The maximum absolute atomic E-state index is 12.2. The molecule has 3 rings (SSSR count). The number of ketones is 1. The summed E-state index contributed by atoms with van der Waals surface area (Å²) in [5, 5.41) is 10.2. The van der Waals surface area contributed by atoms with Gasteiger partial charge in [-0.1, -0.05) is 0 Å². The molecule has 2 unspecified atom stereocenters. The summed E-state index contributed by atoms with van der Waals surface area (Å²) in [6, 6.07) is 3.53. The van der Waals surface area contributed by atoms with Crippen molar-refractivity contribution in [2.75, 3.05) is 5.75 Å². The van der Waals surface area contributed by atoms with E-state index in [1.54, 1.807) is 0 Å². The quantitative estimate of drug-likeness (QED) is 0.260. The van der Waals surface area contributed by atoms with E-state index in [1.807, 2.05) is 0 Å². The number of benzene rings is 1. The van der Waals surface area contributed by atoms with Crippen LogP contribution in [0.5, 0.6) is 0 Å². The number of non-ortho nitro benzene ring substituents is 1. The second kappa shape index (κ2) is 6.21. The van der Waals surface area contributed by atoms with Crippen molar-refractivity contribution in [3.63, 3.8) is 0 Å². The largest absolute Gasteiger partial charge is 0.459 e. The first-order valence-electron chi connectivity index (χ1n) is 7.02. The molecule has 9 nitrogen and oxygen atoms in total. The minimum absolute atomic E-state index is 0.0763. The van der Waals surface area contributed by atoms with Gasteiger partial charge in [0.15, 0.2) is 11.8 Å². The molecule has 0 radical (unpaired) electrons. The lowest BCUT2D eigenvalue weighted by molar-refractivity contribution is -0.384. The lowest BCUT2D eigenvalue weighted by atomic mass is 10.0. The van der Waals surface area contributed by atoms with Gasteiger partial charge in [-0.25, -0.2) is 4.79 Å². The number of carbonyl (C=O) groups is 3. The molecule has 0 bridgehead atoms. The van der Waals surface area contributed by atoms with Crippen molar-refractivity contribution >= 4 is 35.1 Å². The van der Waals surface area contributed by atoms with Gasteiger partial charge in [-0.2, -0.15) is 0 Å². The zero-order valence-electron chi connectivity index (χ0n) is 12.3. The highest BCUT2D eigenvalue weighted by molar-refractivity contribution is 8.00. The van der Waals surface area contributed by atoms with E-state index >= 15 is 0 Å². The van der Waals surface area contributed by atoms with Gasteiger partial charge in [0.2, 0.25) is 5.91 Å². The average Bonchev–Trinajstić information content (AvgIpc) is 2.59. The first kappa shape index (κ1) is 16.4. The number of rotatable bonds is 4. The number of amides is 1. The summed E-state index contributed by atoms with van der Waals surface area (Å²) in [5.74, 6) is -1.56. The molecule has 0 saturated carbocycles. The van der Waals surface area contributed by atoms with Gasteiger partial charge in [-0.3, -0.25) is 19.7 Å². The number of nitrogens with zero attached hydrogens (tertiary/aromatic N) is 2. The van der Waals surface area contributed by atoms with Gasteiger partial charge in [-0.15, -0.1) is 11.8 Å². The molecule has 2 aliphatic heterocycles. The molecule has 3 atom stereocenters. The van der Waals surface area contributed by atoms with Crippen LogP contribution in [0.2, 0.25) is 0 Å². The van der Waals surface area contributed by atoms with E-state index in [9.17, 15) is 24.5 Å². The summed E-state index contributed by atoms with van der Waals surface area (Å²) in [6.45, 7) is -0.146. The molecule has 0 aliphatic carbocycles. The van der Waals surface area contributed by atoms with Crippen LogP contribution in [-0.2, 0) is 25.7 Å². The normalized spacial score (nSPS) is 25.7. The fraction of sp³-hybridized carbons (Fsp3) is 0.357. The third kappa shape index (κ3) is 2.74. The Morgan fingerprint density at radius 1 is 1.38 bits per heavy atom. The first-order valence-corrected chi connectivity index (χ1v) is 8.07. The number of Topliss-reactive ketones (excluding diaryl/α,β-unsaturated/α-hetero) is 1. The number of β-lactam (4-membered cyclic amide) rings is 1. The Morgan fingerprint density at radius 2 is 2.04 bits per heavy atom. The van der Waals surface area contributed by atoms with Gasteiger partial charge in [0.1, 0.15) is 18.0 Å². The first-order chi connectivity index (χ1) is 11.4. The summed E-state index contributed by atoms with van der Waals surface area (Å²) in [4.78, 5) is 47.2. The maximum Gasteiger partial charge on any atom is 0.337 e. The number of esters is 1. The number of ether oxygens (including phenoxy) is 1. The summed E-state index contributed by atoms with van der Waals surface area (Å²) in [5.41, 5.74) is 6.12. The van der Waals surface area contributed by atoms with Gasteiger partial charge in [0, 0.05) is 12.1 Å². The second-order valence-electron chi connectivity index (χ2n) is 5.37. The molecule has 2 aliphatic rings. The van der Waals surface area contributed by atoms with Crippen LogP contribution in [0.15, 0.2) is 24.3 Å². The second-order valence-corrected chi connectivity index (χ2v) is 6.48. The Balaban J connectivity index is 1.64. The van der Waals surface area contributed by atoms with Gasteiger partial charge >= 0.3 is 5.97 Å². The van der Waals surface area contributed by atoms with Gasteiger partial charge in [0.25, 0.3) is 5.69 Å². The van der Waals surface area contributed by atoms with Crippen LogP contribution in [0.25, 0.3) is 0 Å². The topological polar surface area (TPSA) is 133 Å². The zero-order chi connectivity index (χ0) is 17.4. The minimum Gasteiger partial charge on any atom is -0.459 e. The zero-order valence-corrected chi connectivity index (χ0v) is 13.1. The smallest absolute Gasteiger partial charge is 0.337 e. The third-order valence-electron chi connectivity index (χ3n) is 3.85. The van der Waals surface area contributed by atoms with E-state index in [0.29, 0.717) is 5.56 Å². The molecule has 10 heteroatoms. The van der Waals surface area contributed by atoms with Crippen LogP contribution in [0.3, 0.4) is 0 Å². The van der Waals surface area contributed by atoms with Crippen LogP contribution in [0, 0.1) is 10.1 Å². The summed E-state index contributed by atoms with van der Waals surface area (Å²) in [7, 11) is 0. The van der Waals surface area contributed by atoms with Crippen LogP contribution >= 0.6 is 11.8 Å². The molecule has 24 heavy (non-hydrogen) atoms. The van der Waals surface area contributed by atoms with Gasteiger partial charge in [-0.05, 0) is 17.7 Å². The Hall–Kier alpha value is -2.46. The Morgan fingerprint density at radius 3 is 2.67 bits per heavy atom. The number of thioether (sulfide) groups is 1. The molecule has 2 saturated heterocycles. The van der Waals surface area contributed by atoms with Crippen molar-refractivity contribution in [1.29, 1.82) is 0 Å². The maximum atomic E-state index is 12.2. The minimum atomic E-state index is -1.26. The molecule has 1 aromatic rings. The lowest BCUT2D eigenvalue weighted by Gasteiger charge is -2.49. The van der Waals surface area contributed by atoms with Gasteiger partial charge < -0.3 is 15.4 Å². The lowest BCUT2D eigenvalue weighted by Crippen LogP contribution is -2.74. The average molecular weight is 351 g/mol. The molecule has 0 spiro atoms. The highest BCUT2D eigenvalue weighted by Gasteiger charge is 2.56. The van der Waals surface area contributed by atoms with Crippen LogP contribution in [0.1, 0.15) is 5.56 Å². The molecule has 2 heterocycles. The Bertz CT molecular complexity index is 722. The van der Waals surface area contributed by atoms with E-state index < -0.39 is 34.7 Å². The van der Waals surface area contributed by atoms with Crippen molar-refractivity contribution in [2.45, 2.75) is 24.1 Å². The number of hydrogen-bond donors (Lipinski definition) is 1. The van der Waals surface area contributed by atoms with E-state index in [-0.39, 0.29) is 23.4 Å². The van der Waals surface area contributed by atoms with E-state index in [1.165, 1.54) is 40.9 Å². The predicted molar refractivity (Wildman–Crippen MR) is 82.8 cm³/mol. The Labute approximate surface area is 140 Å². The molecular formula is C14H13N3O6S. The van der Waals surface area contributed by atoms with Crippen molar-refractivity contribution < 1.29 is 24.0 Å². The molecule has 1 aromatic carbocycles. The standard InChI is InChI=1S/C14H13N3O6S/c15-10-12(19)16-11(9(18)6-24-13(10)16)14(20)23-5-7-1-3-8(4-2-7)17(21)22/h1-4,10-11,13H,5-6,15H2/t10?,11?,13-/m1/s1. The van der Waals surface area contributed by atoms with Gasteiger partial charge in [0.05, 0.1) is 10.7 Å². The number of fused-ring (bicyclic) bond motifs is 1. The fourth-order valence-electron chi connectivity index (χ4n) is 2.56. The molecule has 1 amide bonds. The van der Waals surface area contributed by atoms with Crippen molar-refractivity contribution in [3.8, 4) is 0 Å². The monoisotopic (exact) mass is 351 g/mol. The fourth-order valence-corrected chi connectivity index (χ4v) is 3.77. The summed E-state index contributed by atoms with van der Waals surface area (Å²) >= 11 is 1.23. The Kier molecular flexibility index (Phi) is 4.24. The number of nitrogens with two attached hydrogens (primary N) is 1. The van der Waals surface area contributed by atoms with Crippen LogP contribution in [0.4, 0.5) is 5.69 Å². The number of nitro benzene ring substituents is 1. The predicted octanol–water partition coefficient (Wildman–Crippen LogP) is -0.182. The summed E-state index contributed by atoms with van der Waals surface area (Å²) in [6.07, 6.45) is 0. The molecule has 0 aromatic heterocycles. The van der Waals surface area contributed by atoms with E-state index in [0.717, 1.165) is 0 Å². The van der Waals surface area contributed by atoms with Crippen molar-refractivity contribution in [1.82, 2.24) is 4.90 Å². The van der Waals surface area contributed by atoms with Crippen molar-refractivity contribution in [3.05, 3.63) is 39.9 Å².